The number of anilines is 1. The largest absolute Gasteiger partial charge is 0.385 e. The van der Waals surface area contributed by atoms with Crippen LogP contribution in [0.15, 0.2) is 24.3 Å². The van der Waals surface area contributed by atoms with Gasteiger partial charge in [-0.3, -0.25) is 0 Å². The number of fused-ring (bicyclic) bond motifs is 1. The van der Waals surface area contributed by atoms with Gasteiger partial charge >= 0.3 is 0 Å². The Morgan fingerprint density at radius 2 is 1.60 bits per heavy atom. The number of rotatable bonds is 6. The molecule has 3 aliphatic rings. The van der Waals surface area contributed by atoms with Gasteiger partial charge < -0.3 is 10.2 Å². The van der Waals surface area contributed by atoms with Crippen molar-refractivity contribution in [3.05, 3.63) is 29.8 Å². The second-order valence-electron chi connectivity index (χ2n) is 7.10. The first-order valence-electron chi connectivity index (χ1n) is 8.43. The molecule has 20 heavy (non-hydrogen) atoms. The standard InChI is InChI=1S/C18H26N2/c1-2-4-18-17(3-1)16(9-10-19-18)13-20(11-14-5-6-14)12-15-7-8-15/h1-4,14-16,19H,5-13H2. The molecule has 1 heterocycles. The average molecular weight is 270 g/mol. The molecule has 108 valence electrons. The van der Waals surface area contributed by atoms with Crippen molar-refractivity contribution < 1.29 is 0 Å². The van der Waals surface area contributed by atoms with Crippen LogP contribution in [0.3, 0.4) is 0 Å². The lowest BCUT2D eigenvalue weighted by molar-refractivity contribution is 0.233. The van der Waals surface area contributed by atoms with Gasteiger partial charge in [-0.25, -0.2) is 0 Å². The zero-order chi connectivity index (χ0) is 13.4. The fourth-order valence-corrected chi connectivity index (χ4v) is 3.61. The highest BCUT2D eigenvalue weighted by atomic mass is 15.1. The van der Waals surface area contributed by atoms with Crippen molar-refractivity contribution >= 4 is 5.69 Å². The Balaban J connectivity index is 1.45. The van der Waals surface area contributed by atoms with E-state index in [1.807, 2.05) is 0 Å². The number of hydrogen-bond donors (Lipinski definition) is 1. The van der Waals surface area contributed by atoms with E-state index in [4.69, 9.17) is 0 Å². The van der Waals surface area contributed by atoms with Crippen molar-refractivity contribution in [2.24, 2.45) is 11.8 Å². The number of para-hydroxylation sites is 1. The van der Waals surface area contributed by atoms with E-state index in [9.17, 15) is 0 Å². The molecule has 0 amide bonds. The molecule has 2 heteroatoms. The van der Waals surface area contributed by atoms with Gasteiger partial charge in [0.05, 0.1) is 0 Å². The molecule has 2 fully saturated rings. The second-order valence-corrected chi connectivity index (χ2v) is 7.10. The van der Waals surface area contributed by atoms with Gasteiger partial charge in [-0.15, -0.1) is 0 Å². The molecule has 0 radical (unpaired) electrons. The summed E-state index contributed by atoms with van der Waals surface area (Å²) in [5.41, 5.74) is 2.93. The van der Waals surface area contributed by atoms with Gasteiger partial charge in [0.15, 0.2) is 0 Å². The predicted octanol–water partition coefficient (Wildman–Crippen LogP) is 3.71. The van der Waals surface area contributed by atoms with E-state index in [0.29, 0.717) is 0 Å². The molecule has 2 nitrogen and oxygen atoms in total. The lowest BCUT2D eigenvalue weighted by Crippen LogP contribution is -2.34. The molecule has 1 aromatic carbocycles. The smallest absolute Gasteiger partial charge is 0.0376 e. The Hall–Kier alpha value is -1.02. The quantitative estimate of drug-likeness (QED) is 0.847. The average Bonchev–Trinajstić information content (AvgIpc) is 3.36. The Morgan fingerprint density at radius 1 is 0.900 bits per heavy atom. The molecular formula is C18H26N2. The monoisotopic (exact) mass is 270 g/mol. The molecule has 1 atom stereocenters. The molecule has 0 aromatic heterocycles. The highest BCUT2D eigenvalue weighted by molar-refractivity contribution is 5.54. The zero-order valence-corrected chi connectivity index (χ0v) is 12.4. The van der Waals surface area contributed by atoms with Gasteiger partial charge in [0, 0.05) is 37.8 Å². The number of hydrogen-bond acceptors (Lipinski definition) is 2. The first-order chi connectivity index (χ1) is 9.88. The summed E-state index contributed by atoms with van der Waals surface area (Å²) in [6.45, 7) is 5.15. The third kappa shape index (κ3) is 3.01. The zero-order valence-electron chi connectivity index (χ0n) is 12.4. The summed E-state index contributed by atoms with van der Waals surface area (Å²) in [5.74, 6) is 2.78. The van der Waals surface area contributed by atoms with Crippen molar-refractivity contribution in [3.63, 3.8) is 0 Å². The van der Waals surface area contributed by atoms with Gasteiger partial charge in [-0.1, -0.05) is 18.2 Å². The number of benzene rings is 1. The van der Waals surface area contributed by atoms with Crippen molar-refractivity contribution in [2.45, 2.75) is 38.0 Å². The topological polar surface area (TPSA) is 15.3 Å². The highest BCUT2D eigenvalue weighted by Crippen LogP contribution is 2.37. The first kappa shape index (κ1) is 12.7. The van der Waals surface area contributed by atoms with Crippen LogP contribution < -0.4 is 5.32 Å². The molecular weight excluding hydrogens is 244 g/mol. The van der Waals surface area contributed by atoms with Crippen LogP contribution in [-0.2, 0) is 0 Å². The molecule has 1 unspecified atom stereocenters. The van der Waals surface area contributed by atoms with Gasteiger partial charge in [0.25, 0.3) is 0 Å². The summed E-state index contributed by atoms with van der Waals surface area (Å²) < 4.78 is 0. The van der Waals surface area contributed by atoms with Gasteiger partial charge in [-0.05, 0) is 55.6 Å². The number of nitrogens with zero attached hydrogens (tertiary/aromatic N) is 1. The van der Waals surface area contributed by atoms with Crippen molar-refractivity contribution in [2.75, 3.05) is 31.5 Å². The minimum absolute atomic E-state index is 0.741. The maximum absolute atomic E-state index is 3.55. The summed E-state index contributed by atoms with van der Waals surface area (Å²) >= 11 is 0. The van der Waals surface area contributed by atoms with Crippen molar-refractivity contribution in [1.29, 1.82) is 0 Å². The molecule has 1 aliphatic heterocycles. The summed E-state index contributed by atoms with van der Waals surface area (Å²) in [5, 5.41) is 3.55. The fourth-order valence-electron chi connectivity index (χ4n) is 3.61. The lowest BCUT2D eigenvalue weighted by atomic mass is 9.90. The van der Waals surface area contributed by atoms with Gasteiger partial charge in [0.1, 0.15) is 0 Å². The van der Waals surface area contributed by atoms with E-state index in [-0.39, 0.29) is 0 Å². The SMILES string of the molecule is c1ccc2c(c1)NCCC2CN(CC1CC1)CC1CC1. The van der Waals surface area contributed by atoms with Crippen molar-refractivity contribution in [1.82, 2.24) is 4.90 Å². The van der Waals surface area contributed by atoms with Crippen LogP contribution in [0.25, 0.3) is 0 Å². The Labute approximate surface area is 122 Å². The lowest BCUT2D eigenvalue weighted by Gasteiger charge is -2.32. The molecule has 0 bridgehead atoms. The Morgan fingerprint density at radius 3 is 2.30 bits per heavy atom. The van der Waals surface area contributed by atoms with Gasteiger partial charge in [0.2, 0.25) is 0 Å². The van der Waals surface area contributed by atoms with Crippen LogP contribution in [0.2, 0.25) is 0 Å². The van der Waals surface area contributed by atoms with Crippen LogP contribution >= 0.6 is 0 Å². The molecule has 1 aromatic rings. The van der Waals surface area contributed by atoms with Crippen LogP contribution in [-0.4, -0.2) is 31.1 Å². The van der Waals surface area contributed by atoms with E-state index in [0.717, 1.165) is 24.3 Å². The van der Waals surface area contributed by atoms with E-state index < -0.39 is 0 Å². The minimum atomic E-state index is 0.741. The summed E-state index contributed by atoms with van der Waals surface area (Å²) in [7, 11) is 0. The molecule has 2 saturated carbocycles. The Bertz CT molecular complexity index is 448. The van der Waals surface area contributed by atoms with Crippen LogP contribution in [0.1, 0.15) is 43.6 Å². The predicted molar refractivity (Wildman–Crippen MR) is 84.2 cm³/mol. The van der Waals surface area contributed by atoms with E-state index in [1.54, 1.807) is 5.56 Å². The maximum Gasteiger partial charge on any atom is 0.0376 e. The second kappa shape index (κ2) is 5.40. The number of nitrogens with one attached hydrogen (secondary N) is 1. The summed E-state index contributed by atoms with van der Waals surface area (Å²) in [6, 6.07) is 8.93. The third-order valence-corrected chi connectivity index (χ3v) is 5.11. The normalized spacial score (nSPS) is 25.4. The third-order valence-electron chi connectivity index (χ3n) is 5.11. The molecule has 2 aliphatic carbocycles. The summed E-state index contributed by atoms with van der Waals surface area (Å²) in [6.07, 6.45) is 7.20. The van der Waals surface area contributed by atoms with E-state index in [2.05, 4.69) is 34.5 Å². The van der Waals surface area contributed by atoms with Crippen LogP contribution in [0.4, 0.5) is 5.69 Å². The Kier molecular flexibility index (Phi) is 3.43. The molecule has 0 spiro atoms. The van der Waals surface area contributed by atoms with E-state index in [1.165, 1.54) is 57.4 Å². The fraction of sp³-hybridized carbons (Fsp3) is 0.667. The van der Waals surface area contributed by atoms with Gasteiger partial charge in [-0.2, -0.15) is 0 Å². The maximum atomic E-state index is 3.55. The van der Waals surface area contributed by atoms with E-state index >= 15 is 0 Å². The highest BCUT2D eigenvalue weighted by Gasteiger charge is 2.31. The summed E-state index contributed by atoms with van der Waals surface area (Å²) in [4.78, 5) is 2.79. The minimum Gasteiger partial charge on any atom is -0.385 e. The van der Waals surface area contributed by atoms with Crippen LogP contribution in [0, 0.1) is 11.8 Å². The molecule has 1 N–H and O–H groups in total. The molecule has 4 rings (SSSR count). The first-order valence-corrected chi connectivity index (χ1v) is 8.43. The van der Waals surface area contributed by atoms with Crippen molar-refractivity contribution in [3.8, 4) is 0 Å². The molecule has 0 saturated heterocycles. The van der Waals surface area contributed by atoms with Crippen LogP contribution in [0.5, 0.6) is 0 Å².